The van der Waals surface area contributed by atoms with Crippen molar-refractivity contribution in [2.75, 3.05) is 20.3 Å². The van der Waals surface area contributed by atoms with Crippen LogP contribution < -0.4 is 14.8 Å². The molecule has 5 rings (SSSR count). The molecule has 2 bridgehead atoms. The monoisotopic (exact) mass is 554 g/mol. The van der Waals surface area contributed by atoms with Crippen LogP contribution in [0.15, 0.2) is 54.6 Å². The number of carbonyl (C=O) groups excluding carboxylic acids is 1. The zero-order valence-electron chi connectivity index (χ0n) is 25.3. The van der Waals surface area contributed by atoms with Crippen LogP contribution in [0, 0.1) is 6.92 Å². The highest BCUT2D eigenvalue weighted by atomic mass is 16.5. The number of aryl methyl sites for hydroxylation is 1. The number of ether oxygens (including phenoxy) is 2. The predicted octanol–water partition coefficient (Wildman–Crippen LogP) is 7.57. The van der Waals surface area contributed by atoms with E-state index in [-0.39, 0.29) is 5.91 Å². The summed E-state index contributed by atoms with van der Waals surface area (Å²) in [5, 5.41) is 3.16. The molecule has 1 aliphatic heterocycles. The van der Waals surface area contributed by atoms with Crippen LogP contribution in [0.25, 0.3) is 0 Å². The summed E-state index contributed by atoms with van der Waals surface area (Å²) in [5.74, 6) is 2.05. The molecular weight excluding hydrogens is 508 g/mol. The molecule has 1 amide bonds. The number of hydrogen-bond donors (Lipinski definition) is 1. The summed E-state index contributed by atoms with van der Waals surface area (Å²) in [4.78, 5) is 16.0. The van der Waals surface area contributed by atoms with Crippen LogP contribution in [0.5, 0.6) is 11.5 Å². The molecule has 1 N–H and O–H groups in total. The summed E-state index contributed by atoms with van der Waals surface area (Å²) in [6, 6.07) is 19.8. The van der Waals surface area contributed by atoms with Gasteiger partial charge in [-0.3, -0.25) is 9.69 Å². The molecule has 0 spiro atoms. The Morgan fingerprint density at radius 2 is 1.85 bits per heavy atom. The third-order valence-corrected chi connectivity index (χ3v) is 8.78. The Balaban J connectivity index is 1.34. The molecule has 0 radical (unpaired) electrons. The fourth-order valence-corrected chi connectivity index (χ4v) is 6.05. The van der Waals surface area contributed by atoms with Crippen LogP contribution in [-0.2, 0) is 19.5 Å². The van der Waals surface area contributed by atoms with E-state index in [0.717, 1.165) is 59.2 Å². The minimum atomic E-state index is -0.0709. The molecule has 1 fully saturated rings. The lowest BCUT2D eigenvalue weighted by Crippen LogP contribution is -2.40. The Kier molecular flexibility index (Phi) is 9.66. The first-order valence-electron chi connectivity index (χ1n) is 15.4. The fraction of sp³-hybridized carbons (Fsp3) is 0.472. The maximum Gasteiger partial charge on any atom is 0.251 e. The van der Waals surface area contributed by atoms with Crippen molar-refractivity contribution in [1.82, 2.24) is 10.2 Å². The number of benzene rings is 3. The first kappa shape index (κ1) is 29.2. The summed E-state index contributed by atoms with van der Waals surface area (Å²) in [6.45, 7) is 9.75. The van der Waals surface area contributed by atoms with Crippen LogP contribution in [0.3, 0.4) is 0 Å². The molecule has 0 unspecified atom stereocenters. The molecule has 0 saturated heterocycles. The molecular formula is C36H46N2O3. The van der Waals surface area contributed by atoms with Gasteiger partial charge < -0.3 is 14.8 Å². The SMILES string of the molecule is COc1cc(C)c(CNC(=O)c2ccc3c(c2)Cc2cccc(c2)CN(C2CCC2)CCCCCO3)cc1C(C)C. The van der Waals surface area contributed by atoms with Gasteiger partial charge in [-0.15, -0.1) is 0 Å². The van der Waals surface area contributed by atoms with Gasteiger partial charge in [0.2, 0.25) is 0 Å². The predicted molar refractivity (Wildman–Crippen MR) is 166 cm³/mol. The number of carbonyl (C=O) groups is 1. The number of nitrogens with one attached hydrogen (secondary N) is 1. The number of amides is 1. The van der Waals surface area contributed by atoms with Gasteiger partial charge in [0.05, 0.1) is 13.7 Å². The Morgan fingerprint density at radius 1 is 1.02 bits per heavy atom. The van der Waals surface area contributed by atoms with E-state index in [1.165, 1.54) is 49.8 Å². The highest BCUT2D eigenvalue weighted by Crippen LogP contribution is 2.31. The lowest BCUT2D eigenvalue weighted by atomic mass is 9.90. The van der Waals surface area contributed by atoms with Gasteiger partial charge in [0, 0.05) is 31.1 Å². The van der Waals surface area contributed by atoms with E-state index in [1.54, 1.807) is 7.11 Å². The Hall–Kier alpha value is -3.31. The van der Waals surface area contributed by atoms with Gasteiger partial charge in [0.1, 0.15) is 11.5 Å². The van der Waals surface area contributed by atoms with Crippen molar-refractivity contribution < 1.29 is 14.3 Å². The zero-order valence-corrected chi connectivity index (χ0v) is 25.3. The third kappa shape index (κ3) is 7.32. The van der Waals surface area contributed by atoms with Gasteiger partial charge in [-0.1, -0.05) is 44.5 Å². The van der Waals surface area contributed by atoms with Gasteiger partial charge in [-0.05, 0) is 115 Å². The second-order valence-electron chi connectivity index (χ2n) is 12.1. The molecule has 3 aromatic rings. The van der Waals surface area contributed by atoms with Gasteiger partial charge in [0.25, 0.3) is 5.91 Å². The van der Waals surface area contributed by atoms with Gasteiger partial charge in [-0.25, -0.2) is 0 Å². The van der Waals surface area contributed by atoms with E-state index in [4.69, 9.17) is 9.47 Å². The first-order chi connectivity index (χ1) is 19.9. The number of methoxy groups -OCH3 is 1. The maximum absolute atomic E-state index is 13.3. The molecule has 0 atom stereocenters. The number of nitrogens with zero attached hydrogens (tertiary/aromatic N) is 1. The molecule has 2 aliphatic rings. The van der Waals surface area contributed by atoms with Crippen LogP contribution in [0.1, 0.15) is 102 Å². The lowest BCUT2D eigenvalue weighted by Gasteiger charge is -2.38. The highest BCUT2D eigenvalue weighted by Gasteiger charge is 2.25. The highest BCUT2D eigenvalue weighted by molar-refractivity contribution is 5.94. The van der Waals surface area contributed by atoms with Crippen LogP contribution in [0.4, 0.5) is 0 Å². The Labute approximate surface area is 246 Å². The van der Waals surface area contributed by atoms with E-state index in [2.05, 4.69) is 67.4 Å². The average Bonchev–Trinajstić information content (AvgIpc) is 2.93. The molecule has 5 nitrogen and oxygen atoms in total. The molecule has 5 heteroatoms. The van der Waals surface area contributed by atoms with E-state index in [1.807, 2.05) is 18.2 Å². The topological polar surface area (TPSA) is 50.8 Å². The fourth-order valence-electron chi connectivity index (χ4n) is 6.05. The summed E-state index contributed by atoms with van der Waals surface area (Å²) >= 11 is 0. The quantitative estimate of drug-likeness (QED) is 0.342. The van der Waals surface area contributed by atoms with Crippen molar-refractivity contribution in [3.05, 3.63) is 93.5 Å². The van der Waals surface area contributed by atoms with Gasteiger partial charge in [0.15, 0.2) is 0 Å². The van der Waals surface area contributed by atoms with Crippen molar-refractivity contribution >= 4 is 5.91 Å². The summed E-state index contributed by atoms with van der Waals surface area (Å²) in [7, 11) is 1.71. The minimum Gasteiger partial charge on any atom is -0.496 e. The number of rotatable bonds is 6. The van der Waals surface area contributed by atoms with Gasteiger partial charge >= 0.3 is 0 Å². The van der Waals surface area contributed by atoms with Crippen molar-refractivity contribution in [1.29, 1.82) is 0 Å². The normalized spacial score (nSPS) is 16.7. The van der Waals surface area contributed by atoms with Crippen molar-refractivity contribution in [3.63, 3.8) is 0 Å². The molecule has 1 aliphatic carbocycles. The molecule has 218 valence electrons. The minimum absolute atomic E-state index is 0.0709. The molecule has 3 aromatic carbocycles. The van der Waals surface area contributed by atoms with Gasteiger partial charge in [-0.2, -0.15) is 0 Å². The largest absolute Gasteiger partial charge is 0.496 e. The summed E-state index contributed by atoms with van der Waals surface area (Å²) in [5.41, 5.74) is 7.73. The second kappa shape index (κ2) is 13.6. The van der Waals surface area contributed by atoms with Crippen molar-refractivity contribution in [2.45, 2.75) is 90.8 Å². The Bertz CT molecular complexity index is 1340. The Morgan fingerprint density at radius 3 is 2.61 bits per heavy atom. The van der Waals surface area contributed by atoms with E-state index in [9.17, 15) is 4.79 Å². The van der Waals surface area contributed by atoms with Crippen molar-refractivity contribution in [2.24, 2.45) is 0 Å². The van der Waals surface area contributed by atoms with Crippen molar-refractivity contribution in [3.8, 4) is 11.5 Å². The molecule has 0 aromatic heterocycles. The molecule has 1 heterocycles. The average molecular weight is 555 g/mol. The third-order valence-electron chi connectivity index (χ3n) is 8.78. The maximum atomic E-state index is 13.3. The van der Waals surface area contributed by atoms with Crippen LogP contribution in [-0.4, -0.2) is 37.1 Å². The van der Waals surface area contributed by atoms with E-state index < -0.39 is 0 Å². The number of hydrogen-bond acceptors (Lipinski definition) is 4. The zero-order chi connectivity index (χ0) is 28.8. The lowest BCUT2D eigenvalue weighted by molar-refractivity contribution is 0.0950. The van der Waals surface area contributed by atoms with E-state index in [0.29, 0.717) is 24.6 Å². The molecule has 41 heavy (non-hydrogen) atoms. The molecule has 1 saturated carbocycles. The standard InChI is InChI=1S/C36H46N2O3/c1-25(2)33-22-31(26(3)18-35(33)40-4)23-37-36(39)29-14-15-34-30(21-29)20-27-10-8-11-28(19-27)24-38(32-12-9-13-32)16-6-5-7-17-41-34/h8,10-11,14-15,18-19,21-22,25,32H,5-7,9,12-13,16-17,20,23-24H2,1-4H3,(H,37,39). The second-order valence-corrected chi connectivity index (χ2v) is 12.1. The first-order valence-corrected chi connectivity index (χ1v) is 15.4. The van der Waals surface area contributed by atoms with E-state index >= 15 is 0 Å². The summed E-state index contributed by atoms with van der Waals surface area (Å²) < 4.78 is 11.9. The van der Waals surface area contributed by atoms with Crippen LogP contribution >= 0.6 is 0 Å². The summed E-state index contributed by atoms with van der Waals surface area (Å²) in [6.07, 6.45) is 8.19. The number of fused-ring (bicyclic) bond motifs is 3. The van der Waals surface area contributed by atoms with Crippen LogP contribution in [0.2, 0.25) is 0 Å². The smallest absolute Gasteiger partial charge is 0.251 e.